The van der Waals surface area contributed by atoms with Crippen LogP contribution in [0.3, 0.4) is 0 Å². The molecule has 1 rings (SSSR count). The van der Waals surface area contributed by atoms with Crippen LogP contribution in [-0.4, -0.2) is 13.2 Å². The van der Waals surface area contributed by atoms with Crippen molar-refractivity contribution in [3.05, 3.63) is 29.6 Å². The zero-order valence-electron chi connectivity index (χ0n) is 7.29. The normalized spacial score (nSPS) is 10.3. The molecule has 0 spiro atoms. The molecule has 0 unspecified atom stereocenters. The molecule has 0 fully saturated rings. The molecule has 0 aliphatic heterocycles. The van der Waals surface area contributed by atoms with Crippen LogP contribution in [0.2, 0.25) is 0 Å². The maximum absolute atomic E-state index is 12.6. The summed E-state index contributed by atoms with van der Waals surface area (Å²) in [5.41, 5.74) is 0.106. The van der Waals surface area contributed by atoms with Crippen molar-refractivity contribution in [2.45, 2.75) is 6.42 Å². The summed E-state index contributed by atoms with van der Waals surface area (Å²) in [4.78, 5) is 0. The Bertz CT molecular complexity index is 291. The molecule has 0 saturated heterocycles. The lowest BCUT2D eigenvalue weighted by Crippen LogP contribution is -2.04. The molecule has 5 heteroatoms. The van der Waals surface area contributed by atoms with E-state index in [-0.39, 0.29) is 18.7 Å². The molecule has 78 valence electrons. The highest BCUT2D eigenvalue weighted by Crippen LogP contribution is 2.17. The van der Waals surface area contributed by atoms with Gasteiger partial charge in [0.05, 0.1) is 6.67 Å². The molecule has 14 heavy (non-hydrogen) atoms. The highest BCUT2D eigenvalue weighted by molar-refractivity contribution is 5.43. The van der Waals surface area contributed by atoms with Gasteiger partial charge in [-0.05, 0) is 6.42 Å². The summed E-state index contributed by atoms with van der Waals surface area (Å²) >= 11 is 0. The van der Waals surface area contributed by atoms with Gasteiger partial charge < -0.3 is 5.32 Å². The zero-order valence-corrected chi connectivity index (χ0v) is 7.29. The van der Waals surface area contributed by atoms with E-state index in [1.165, 1.54) is 0 Å². The van der Waals surface area contributed by atoms with E-state index < -0.39 is 24.1 Å². The molecular weight excluding hydrogens is 198 g/mol. The number of hydrogen-bond acceptors (Lipinski definition) is 1. The lowest BCUT2D eigenvalue weighted by atomic mass is 10.3. The second-order valence-electron chi connectivity index (χ2n) is 2.72. The minimum absolute atomic E-state index is 0.106. The SMILES string of the molecule is FCCCNc1cc(F)c(F)c(F)c1. The molecular formula is C9H9F4N. The first-order valence-electron chi connectivity index (χ1n) is 4.09. The first-order valence-corrected chi connectivity index (χ1v) is 4.09. The largest absolute Gasteiger partial charge is 0.385 e. The van der Waals surface area contributed by atoms with Crippen LogP contribution in [0.5, 0.6) is 0 Å². The molecule has 0 atom stereocenters. The van der Waals surface area contributed by atoms with Gasteiger partial charge in [0.1, 0.15) is 0 Å². The van der Waals surface area contributed by atoms with Crippen LogP contribution < -0.4 is 5.32 Å². The number of alkyl halides is 1. The third-order valence-corrected chi connectivity index (χ3v) is 1.62. The first-order chi connectivity index (χ1) is 6.65. The highest BCUT2D eigenvalue weighted by atomic mass is 19.2. The van der Waals surface area contributed by atoms with Gasteiger partial charge in [0.15, 0.2) is 17.5 Å². The number of halogens is 4. The molecule has 0 radical (unpaired) electrons. The number of nitrogens with one attached hydrogen (secondary N) is 1. The van der Waals surface area contributed by atoms with Crippen molar-refractivity contribution in [1.82, 2.24) is 0 Å². The van der Waals surface area contributed by atoms with Crippen molar-refractivity contribution in [1.29, 1.82) is 0 Å². The summed E-state index contributed by atoms with van der Waals surface area (Å²) in [6, 6.07) is 1.66. The van der Waals surface area contributed by atoms with Crippen LogP contribution in [0.15, 0.2) is 12.1 Å². The Balaban J connectivity index is 2.69. The van der Waals surface area contributed by atoms with E-state index in [0.717, 1.165) is 12.1 Å². The van der Waals surface area contributed by atoms with E-state index in [4.69, 9.17) is 0 Å². The molecule has 1 nitrogen and oxygen atoms in total. The van der Waals surface area contributed by atoms with Crippen LogP contribution >= 0.6 is 0 Å². The second kappa shape index (κ2) is 4.83. The van der Waals surface area contributed by atoms with Gasteiger partial charge in [-0.15, -0.1) is 0 Å². The average Bonchev–Trinajstić information content (AvgIpc) is 2.14. The summed E-state index contributed by atoms with van der Waals surface area (Å²) in [5, 5.41) is 2.57. The van der Waals surface area contributed by atoms with Crippen molar-refractivity contribution in [3.63, 3.8) is 0 Å². The fourth-order valence-corrected chi connectivity index (χ4v) is 0.957. The lowest BCUT2D eigenvalue weighted by Gasteiger charge is -2.05. The minimum Gasteiger partial charge on any atom is -0.385 e. The number of anilines is 1. The molecule has 0 heterocycles. The maximum atomic E-state index is 12.6. The fourth-order valence-electron chi connectivity index (χ4n) is 0.957. The fraction of sp³-hybridized carbons (Fsp3) is 0.333. The molecule has 0 saturated carbocycles. The quantitative estimate of drug-likeness (QED) is 0.454. The molecule has 0 amide bonds. The average molecular weight is 207 g/mol. The van der Waals surface area contributed by atoms with Gasteiger partial charge in [0, 0.05) is 24.4 Å². The summed E-state index contributed by atoms with van der Waals surface area (Å²) in [7, 11) is 0. The van der Waals surface area contributed by atoms with E-state index in [0.29, 0.717) is 0 Å². The van der Waals surface area contributed by atoms with Crippen molar-refractivity contribution in [2.24, 2.45) is 0 Å². The Labute approximate surface area is 78.7 Å². The van der Waals surface area contributed by atoms with Crippen molar-refractivity contribution < 1.29 is 17.6 Å². The summed E-state index contributed by atoms with van der Waals surface area (Å²) in [6.07, 6.45) is 0.237. The first kappa shape index (κ1) is 10.8. The predicted octanol–water partition coefficient (Wildman–Crippen LogP) is 2.88. The van der Waals surface area contributed by atoms with Gasteiger partial charge in [-0.1, -0.05) is 0 Å². The maximum Gasteiger partial charge on any atom is 0.194 e. The number of hydrogen-bond donors (Lipinski definition) is 1. The van der Waals surface area contributed by atoms with Crippen molar-refractivity contribution >= 4 is 5.69 Å². The van der Waals surface area contributed by atoms with Gasteiger partial charge in [0.25, 0.3) is 0 Å². The van der Waals surface area contributed by atoms with Gasteiger partial charge >= 0.3 is 0 Å². The van der Waals surface area contributed by atoms with Crippen LogP contribution in [-0.2, 0) is 0 Å². The van der Waals surface area contributed by atoms with Crippen LogP contribution in [0.1, 0.15) is 6.42 Å². The van der Waals surface area contributed by atoms with E-state index >= 15 is 0 Å². The van der Waals surface area contributed by atoms with Gasteiger partial charge in [0.2, 0.25) is 0 Å². The third-order valence-electron chi connectivity index (χ3n) is 1.62. The Morgan fingerprint density at radius 3 is 2.14 bits per heavy atom. The molecule has 1 aromatic carbocycles. The van der Waals surface area contributed by atoms with Crippen LogP contribution in [0.25, 0.3) is 0 Å². The molecule has 1 aromatic rings. The highest BCUT2D eigenvalue weighted by Gasteiger charge is 2.09. The Morgan fingerprint density at radius 2 is 1.64 bits per heavy atom. The molecule has 0 aromatic heterocycles. The summed E-state index contributed by atoms with van der Waals surface area (Å²) in [5.74, 6) is -4.01. The van der Waals surface area contributed by atoms with E-state index in [9.17, 15) is 17.6 Å². The van der Waals surface area contributed by atoms with Crippen molar-refractivity contribution in [3.8, 4) is 0 Å². The van der Waals surface area contributed by atoms with Crippen LogP contribution in [0, 0.1) is 17.5 Å². The number of benzene rings is 1. The van der Waals surface area contributed by atoms with Gasteiger partial charge in [-0.2, -0.15) is 0 Å². The Hall–Kier alpha value is -1.26. The monoisotopic (exact) mass is 207 g/mol. The summed E-state index contributed by atoms with van der Waals surface area (Å²) < 4.78 is 49.4. The molecule has 0 aliphatic rings. The van der Waals surface area contributed by atoms with E-state index in [1.807, 2.05) is 0 Å². The Kier molecular flexibility index (Phi) is 3.73. The molecule has 0 bridgehead atoms. The van der Waals surface area contributed by atoms with Gasteiger partial charge in [-0.3, -0.25) is 4.39 Å². The minimum atomic E-state index is -1.50. The second-order valence-corrected chi connectivity index (χ2v) is 2.72. The number of rotatable bonds is 4. The van der Waals surface area contributed by atoms with Crippen LogP contribution in [0.4, 0.5) is 23.2 Å². The smallest absolute Gasteiger partial charge is 0.194 e. The van der Waals surface area contributed by atoms with Crippen molar-refractivity contribution in [2.75, 3.05) is 18.5 Å². The van der Waals surface area contributed by atoms with E-state index in [1.54, 1.807) is 0 Å². The third kappa shape index (κ3) is 2.61. The summed E-state index contributed by atoms with van der Waals surface area (Å²) in [6.45, 7) is -0.264. The predicted molar refractivity (Wildman–Crippen MR) is 45.4 cm³/mol. The Morgan fingerprint density at radius 1 is 1.07 bits per heavy atom. The molecule has 0 aliphatic carbocycles. The van der Waals surface area contributed by atoms with E-state index in [2.05, 4.69) is 5.32 Å². The van der Waals surface area contributed by atoms with Gasteiger partial charge in [-0.25, -0.2) is 13.2 Å². The zero-order chi connectivity index (χ0) is 10.6. The molecule has 1 N–H and O–H groups in total. The lowest BCUT2D eigenvalue weighted by molar-refractivity contribution is 0.447. The topological polar surface area (TPSA) is 12.0 Å². The standard InChI is InChI=1S/C9H9F4N/c10-2-1-3-14-6-4-7(11)9(13)8(12)5-6/h4-5,14H,1-3H2.